The third-order valence-electron chi connectivity index (χ3n) is 5.41. The van der Waals surface area contributed by atoms with E-state index in [1.54, 1.807) is 19.2 Å². The van der Waals surface area contributed by atoms with Crippen molar-refractivity contribution in [2.75, 3.05) is 7.11 Å². The van der Waals surface area contributed by atoms with Crippen LogP contribution in [0.15, 0.2) is 34.8 Å². The molecular weight excluding hydrogens is 457 g/mol. The van der Waals surface area contributed by atoms with Crippen LogP contribution in [0.2, 0.25) is 5.02 Å². The van der Waals surface area contributed by atoms with Gasteiger partial charge in [-0.1, -0.05) is 49.8 Å². The lowest BCUT2D eigenvalue weighted by molar-refractivity contribution is 0.277. The average Bonchev–Trinajstić information content (AvgIpc) is 2.67. The molecule has 0 radical (unpaired) electrons. The van der Waals surface area contributed by atoms with Gasteiger partial charge in [-0.2, -0.15) is 0 Å². The van der Waals surface area contributed by atoms with Crippen LogP contribution < -0.4 is 14.8 Å². The van der Waals surface area contributed by atoms with E-state index in [1.165, 1.54) is 51.0 Å². The number of halogens is 3. The Labute approximate surface area is 186 Å². The number of nitrogens with one attached hydrogen (secondary N) is 1. The Kier molecular flexibility index (Phi) is 8.64. The molecule has 2 aromatic rings. The molecule has 0 amide bonds. The molecule has 3 rings (SSSR count). The number of hydrogen-bond donors (Lipinski definition) is 1. The van der Waals surface area contributed by atoms with Crippen LogP contribution in [0.1, 0.15) is 56.1 Å². The topological polar surface area (TPSA) is 30.5 Å². The van der Waals surface area contributed by atoms with Crippen molar-refractivity contribution >= 4 is 27.5 Å². The Morgan fingerprint density at radius 3 is 2.55 bits per heavy atom. The molecule has 2 aromatic carbocycles. The Hall–Kier alpha value is -1.30. The monoisotopic (exact) mass is 483 g/mol. The van der Waals surface area contributed by atoms with Gasteiger partial charge in [-0.3, -0.25) is 0 Å². The molecule has 1 fully saturated rings. The summed E-state index contributed by atoms with van der Waals surface area (Å²) in [6.45, 7) is 0.805. The van der Waals surface area contributed by atoms with E-state index >= 15 is 0 Å². The molecule has 0 bridgehead atoms. The predicted molar refractivity (Wildman–Crippen MR) is 119 cm³/mol. The molecule has 1 aliphatic carbocycles. The number of benzene rings is 2. The van der Waals surface area contributed by atoms with E-state index in [0.717, 1.165) is 16.6 Å². The minimum Gasteiger partial charge on any atom is -0.493 e. The first-order chi connectivity index (χ1) is 14.1. The lowest BCUT2D eigenvalue weighted by Crippen LogP contribution is -2.29. The molecule has 0 saturated heterocycles. The van der Waals surface area contributed by atoms with Crippen molar-refractivity contribution in [1.82, 2.24) is 5.32 Å². The van der Waals surface area contributed by atoms with Crippen LogP contribution >= 0.6 is 27.5 Å². The number of hydrogen-bond acceptors (Lipinski definition) is 3. The first-order valence-corrected chi connectivity index (χ1v) is 11.4. The summed E-state index contributed by atoms with van der Waals surface area (Å²) in [5, 5.41) is 4.04. The first kappa shape index (κ1) is 22.4. The molecule has 1 aliphatic rings. The lowest BCUT2D eigenvalue weighted by Gasteiger charge is -2.22. The summed E-state index contributed by atoms with van der Waals surface area (Å²) in [5.74, 6) is 0.774. The predicted octanol–water partition coefficient (Wildman–Crippen LogP) is 7.03. The molecule has 0 spiro atoms. The van der Waals surface area contributed by atoms with Gasteiger partial charge < -0.3 is 14.8 Å². The number of methoxy groups -OCH3 is 1. The van der Waals surface area contributed by atoms with Gasteiger partial charge >= 0.3 is 0 Å². The third kappa shape index (κ3) is 6.34. The zero-order valence-corrected chi connectivity index (χ0v) is 19.1. The van der Waals surface area contributed by atoms with Crippen molar-refractivity contribution in [3.05, 3.63) is 56.8 Å². The van der Waals surface area contributed by atoms with Crippen LogP contribution in [0.3, 0.4) is 0 Å². The summed E-state index contributed by atoms with van der Waals surface area (Å²) in [6.07, 6.45) is 9.14. The quantitative estimate of drug-likeness (QED) is 0.457. The van der Waals surface area contributed by atoms with Gasteiger partial charge in [-0.15, -0.1) is 0 Å². The fraction of sp³-hybridized carbons (Fsp3) is 0.478. The second kappa shape index (κ2) is 11.2. The molecule has 6 heteroatoms. The van der Waals surface area contributed by atoms with Gasteiger partial charge in [-0.25, -0.2) is 4.39 Å². The summed E-state index contributed by atoms with van der Waals surface area (Å²) in [7, 11) is 1.61. The largest absolute Gasteiger partial charge is 0.493 e. The van der Waals surface area contributed by atoms with E-state index in [4.69, 9.17) is 21.1 Å². The standard InChI is InChI=1S/C23H28BrClFNO2/c1-28-22-13-16(14-27-17-8-5-3-2-4-6-9-17)12-19(24)23(22)29-15-18-20(25)10-7-11-21(18)26/h7,10-13,17,27H,2-6,8-9,14-15H2,1H3. The van der Waals surface area contributed by atoms with Crippen LogP contribution in [-0.2, 0) is 13.2 Å². The molecule has 0 aromatic heterocycles. The van der Waals surface area contributed by atoms with Gasteiger partial charge in [0.1, 0.15) is 12.4 Å². The Morgan fingerprint density at radius 1 is 1.14 bits per heavy atom. The maximum Gasteiger partial charge on any atom is 0.175 e. The minimum absolute atomic E-state index is 0.0279. The highest BCUT2D eigenvalue weighted by Crippen LogP contribution is 2.38. The van der Waals surface area contributed by atoms with E-state index in [-0.39, 0.29) is 12.4 Å². The van der Waals surface area contributed by atoms with Crippen molar-refractivity contribution in [2.24, 2.45) is 0 Å². The summed E-state index contributed by atoms with van der Waals surface area (Å²) < 4.78 is 26.2. The van der Waals surface area contributed by atoms with Crippen LogP contribution in [-0.4, -0.2) is 13.2 Å². The normalized spacial score (nSPS) is 15.6. The highest BCUT2D eigenvalue weighted by atomic mass is 79.9. The van der Waals surface area contributed by atoms with Gasteiger partial charge in [0.2, 0.25) is 0 Å². The van der Waals surface area contributed by atoms with Gasteiger partial charge in [-0.05, 0) is 58.6 Å². The molecule has 29 heavy (non-hydrogen) atoms. The fourth-order valence-electron chi connectivity index (χ4n) is 3.75. The highest BCUT2D eigenvalue weighted by Gasteiger charge is 2.16. The second-order valence-corrected chi connectivity index (χ2v) is 8.78. The third-order valence-corrected chi connectivity index (χ3v) is 6.35. The van der Waals surface area contributed by atoms with E-state index < -0.39 is 0 Å². The van der Waals surface area contributed by atoms with E-state index in [9.17, 15) is 4.39 Å². The number of rotatable bonds is 7. The van der Waals surface area contributed by atoms with Crippen molar-refractivity contribution in [2.45, 2.75) is 64.1 Å². The van der Waals surface area contributed by atoms with Crippen LogP contribution in [0.4, 0.5) is 4.39 Å². The molecule has 0 aliphatic heterocycles. The van der Waals surface area contributed by atoms with Crippen molar-refractivity contribution in [1.29, 1.82) is 0 Å². The fourth-order valence-corrected chi connectivity index (χ4v) is 4.57. The molecular formula is C23H28BrClFNO2. The van der Waals surface area contributed by atoms with Crippen molar-refractivity contribution in [3.8, 4) is 11.5 Å². The maximum absolute atomic E-state index is 14.0. The first-order valence-electron chi connectivity index (χ1n) is 10.2. The maximum atomic E-state index is 14.0. The van der Waals surface area contributed by atoms with Crippen LogP contribution in [0.25, 0.3) is 0 Å². The molecule has 1 N–H and O–H groups in total. The van der Waals surface area contributed by atoms with Crippen LogP contribution in [0.5, 0.6) is 11.5 Å². The van der Waals surface area contributed by atoms with E-state index in [2.05, 4.69) is 21.2 Å². The molecule has 0 unspecified atom stereocenters. The molecule has 1 saturated carbocycles. The smallest absolute Gasteiger partial charge is 0.175 e. The van der Waals surface area contributed by atoms with E-state index in [0.29, 0.717) is 28.1 Å². The Morgan fingerprint density at radius 2 is 1.86 bits per heavy atom. The molecule has 0 heterocycles. The molecule has 0 atom stereocenters. The average molecular weight is 485 g/mol. The van der Waals surface area contributed by atoms with Crippen molar-refractivity contribution < 1.29 is 13.9 Å². The molecule has 158 valence electrons. The zero-order valence-electron chi connectivity index (χ0n) is 16.8. The molecule has 3 nitrogen and oxygen atoms in total. The summed E-state index contributed by atoms with van der Waals surface area (Å²) in [5.41, 5.74) is 1.45. The van der Waals surface area contributed by atoms with Gasteiger partial charge in [0, 0.05) is 18.2 Å². The van der Waals surface area contributed by atoms with Crippen LogP contribution in [0, 0.1) is 5.82 Å². The zero-order chi connectivity index (χ0) is 20.6. The Bertz CT molecular complexity index is 789. The second-order valence-electron chi connectivity index (χ2n) is 7.52. The minimum atomic E-state index is -0.382. The lowest BCUT2D eigenvalue weighted by atomic mass is 9.96. The van der Waals surface area contributed by atoms with E-state index in [1.807, 2.05) is 12.1 Å². The summed E-state index contributed by atoms with van der Waals surface area (Å²) in [4.78, 5) is 0. The van der Waals surface area contributed by atoms with Gasteiger partial charge in [0.25, 0.3) is 0 Å². The SMILES string of the molecule is COc1cc(CNC2CCCCCCC2)cc(Br)c1OCc1c(F)cccc1Cl. The highest BCUT2D eigenvalue weighted by molar-refractivity contribution is 9.10. The van der Waals surface area contributed by atoms with Gasteiger partial charge in [0.05, 0.1) is 16.6 Å². The summed E-state index contributed by atoms with van der Waals surface area (Å²) >= 11 is 9.68. The van der Waals surface area contributed by atoms with Gasteiger partial charge in [0.15, 0.2) is 11.5 Å². The summed E-state index contributed by atoms with van der Waals surface area (Å²) in [6, 6.07) is 9.17. The Balaban J connectivity index is 1.67. The number of ether oxygens (including phenoxy) is 2. The van der Waals surface area contributed by atoms with Crippen molar-refractivity contribution in [3.63, 3.8) is 0 Å².